The molecule has 1 saturated heterocycles. The highest BCUT2D eigenvalue weighted by Crippen LogP contribution is 2.23. The number of carbonyl (C=O) groups excluding carboxylic acids is 1. The van der Waals surface area contributed by atoms with Crippen LogP contribution in [-0.2, 0) is 0 Å². The number of thiophene rings is 1. The number of nitrogens with zero attached hydrogens (tertiary/aromatic N) is 4. The summed E-state index contributed by atoms with van der Waals surface area (Å²) in [6, 6.07) is 8.14. The van der Waals surface area contributed by atoms with Crippen molar-refractivity contribution in [1.82, 2.24) is 19.7 Å². The normalized spacial score (nSPS) is 15.0. The number of hydrogen-bond donors (Lipinski definition) is 1. The van der Waals surface area contributed by atoms with Crippen molar-refractivity contribution in [1.29, 1.82) is 0 Å². The molecule has 1 amide bonds. The molecule has 7 heteroatoms. The molecule has 0 bridgehead atoms. The first-order valence-corrected chi connectivity index (χ1v) is 9.29. The Balaban J connectivity index is 1.46. The number of nitrogens with one attached hydrogen (secondary N) is 1. The topological polar surface area (TPSA) is 57.2 Å². The lowest BCUT2D eigenvalue weighted by molar-refractivity contribution is 0.0751. The summed E-state index contributed by atoms with van der Waals surface area (Å²) in [6.07, 6.45) is 2.02. The Morgan fingerprint density at radius 1 is 1.20 bits per heavy atom. The first kappa shape index (κ1) is 16.0. The summed E-state index contributed by atoms with van der Waals surface area (Å²) in [5.41, 5.74) is 2.19. The first-order chi connectivity index (χ1) is 12.1. The molecule has 0 atom stereocenters. The molecule has 4 heterocycles. The van der Waals surface area contributed by atoms with Gasteiger partial charge in [0, 0.05) is 44.1 Å². The van der Waals surface area contributed by atoms with Gasteiger partial charge in [-0.3, -0.25) is 14.5 Å². The quantitative estimate of drug-likeness (QED) is 0.786. The fourth-order valence-corrected chi connectivity index (χ4v) is 4.05. The number of aryl methyl sites for hydroxylation is 2. The maximum absolute atomic E-state index is 12.6. The zero-order chi connectivity index (χ0) is 17.4. The van der Waals surface area contributed by atoms with E-state index in [1.807, 2.05) is 48.5 Å². The van der Waals surface area contributed by atoms with Crippen LogP contribution in [0, 0.1) is 13.8 Å². The molecule has 0 aromatic carbocycles. The predicted molar refractivity (Wildman–Crippen MR) is 99.8 cm³/mol. The Morgan fingerprint density at radius 3 is 2.64 bits per heavy atom. The molecule has 6 nitrogen and oxygen atoms in total. The zero-order valence-electron chi connectivity index (χ0n) is 14.4. The zero-order valence-corrected chi connectivity index (χ0v) is 15.2. The average Bonchev–Trinajstić information content (AvgIpc) is 3.34. The van der Waals surface area contributed by atoms with E-state index in [9.17, 15) is 4.79 Å². The van der Waals surface area contributed by atoms with Crippen molar-refractivity contribution in [3.05, 3.63) is 52.0 Å². The second-order valence-corrected chi connectivity index (χ2v) is 7.32. The van der Waals surface area contributed by atoms with Crippen LogP contribution in [0.1, 0.15) is 20.9 Å². The minimum Gasteiger partial charge on any atom is -0.354 e. The van der Waals surface area contributed by atoms with Gasteiger partial charge in [-0.1, -0.05) is 0 Å². The maximum atomic E-state index is 12.6. The molecule has 0 radical (unpaired) electrons. The van der Waals surface area contributed by atoms with Gasteiger partial charge in [0.1, 0.15) is 5.82 Å². The smallest absolute Gasteiger partial charge is 0.264 e. The van der Waals surface area contributed by atoms with Gasteiger partial charge in [0.2, 0.25) is 0 Å². The summed E-state index contributed by atoms with van der Waals surface area (Å²) in [5.74, 6) is 2.16. The molecular formula is C18H21N5OS. The molecule has 3 aromatic heterocycles. The van der Waals surface area contributed by atoms with E-state index in [0.717, 1.165) is 53.9 Å². The SMILES string of the molecule is Cc1csc(C(=O)N2CCN(c3cccn3-c3cc(C)[nH]n3)CC2)c1. The van der Waals surface area contributed by atoms with Crippen molar-refractivity contribution < 1.29 is 4.79 Å². The summed E-state index contributed by atoms with van der Waals surface area (Å²) < 4.78 is 2.09. The van der Waals surface area contributed by atoms with Crippen LogP contribution in [0.5, 0.6) is 0 Å². The number of carbonyl (C=O) groups is 1. The van der Waals surface area contributed by atoms with Crippen molar-refractivity contribution >= 4 is 23.1 Å². The Morgan fingerprint density at radius 2 is 2.00 bits per heavy atom. The van der Waals surface area contributed by atoms with E-state index in [0.29, 0.717) is 0 Å². The lowest BCUT2D eigenvalue weighted by Gasteiger charge is -2.36. The highest BCUT2D eigenvalue weighted by Gasteiger charge is 2.24. The highest BCUT2D eigenvalue weighted by molar-refractivity contribution is 7.12. The summed E-state index contributed by atoms with van der Waals surface area (Å²) in [7, 11) is 0. The fraction of sp³-hybridized carbons (Fsp3) is 0.333. The minimum atomic E-state index is 0.149. The predicted octanol–water partition coefficient (Wildman–Crippen LogP) is 2.84. The number of aromatic nitrogens is 3. The van der Waals surface area contributed by atoms with Crippen molar-refractivity contribution in [2.75, 3.05) is 31.1 Å². The molecule has 0 saturated carbocycles. The second kappa shape index (κ2) is 6.40. The van der Waals surface area contributed by atoms with Crippen LogP contribution in [0.2, 0.25) is 0 Å². The van der Waals surface area contributed by atoms with Gasteiger partial charge in [0.25, 0.3) is 5.91 Å². The number of amides is 1. The first-order valence-electron chi connectivity index (χ1n) is 8.41. The molecule has 1 N–H and O–H groups in total. The Kier molecular flexibility index (Phi) is 4.09. The average molecular weight is 355 g/mol. The monoisotopic (exact) mass is 355 g/mol. The van der Waals surface area contributed by atoms with E-state index in [2.05, 4.69) is 25.7 Å². The summed E-state index contributed by atoms with van der Waals surface area (Å²) >= 11 is 1.53. The molecule has 25 heavy (non-hydrogen) atoms. The lowest BCUT2D eigenvalue weighted by atomic mass is 10.2. The Bertz CT molecular complexity index is 885. The number of H-pyrrole nitrogens is 1. The molecule has 1 aliphatic heterocycles. The van der Waals surface area contributed by atoms with Crippen molar-refractivity contribution in [3.8, 4) is 5.82 Å². The van der Waals surface area contributed by atoms with Crippen LogP contribution in [-0.4, -0.2) is 51.8 Å². The van der Waals surface area contributed by atoms with Crippen molar-refractivity contribution in [2.45, 2.75) is 13.8 Å². The molecule has 1 fully saturated rings. The van der Waals surface area contributed by atoms with Crippen LogP contribution in [0.25, 0.3) is 5.82 Å². The van der Waals surface area contributed by atoms with E-state index < -0.39 is 0 Å². The lowest BCUT2D eigenvalue weighted by Crippen LogP contribution is -2.49. The number of hydrogen-bond acceptors (Lipinski definition) is 4. The molecule has 4 rings (SSSR count). The number of aromatic amines is 1. The maximum Gasteiger partial charge on any atom is 0.264 e. The number of anilines is 1. The molecular weight excluding hydrogens is 334 g/mol. The van der Waals surface area contributed by atoms with E-state index in [4.69, 9.17) is 0 Å². The standard InChI is InChI=1S/C18H21N5OS/c1-13-10-15(25-12-13)18(24)22-8-6-21(7-9-22)17-4-3-5-23(17)16-11-14(2)19-20-16/h3-5,10-12H,6-9H2,1-2H3,(H,19,20). The van der Waals surface area contributed by atoms with Crippen molar-refractivity contribution in [3.63, 3.8) is 0 Å². The Hall–Kier alpha value is -2.54. The van der Waals surface area contributed by atoms with E-state index in [1.165, 1.54) is 11.3 Å². The molecule has 0 unspecified atom stereocenters. The van der Waals surface area contributed by atoms with Gasteiger partial charge in [-0.2, -0.15) is 5.10 Å². The van der Waals surface area contributed by atoms with Crippen LogP contribution < -0.4 is 4.90 Å². The van der Waals surface area contributed by atoms with Gasteiger partial charge >= 0.3 is 0 Å². The molecule has 0 spiro atoms. The van der Waals surface area contributed by atoms with Crippen LogP contribution in [0.4, 0.5) is 5.82 Å². The largest absolute Gasteiger partial charge is 0.354 e. The van der Waals surface area contributed by atoms with Gasteiger partial charge in [-0.25, -0.2) is 0 Å². The van der Waals surface area contributed by atoms with Gasteiger partial charge in [0.05, 0.1) is 4.88 Å². The molecule has 0 aliphatic carbocycles. The summed E-state index contributed by atoms with van der Waals surface area (Å²) in [6.45, 7) is 7.14. The fourth-order valence-electron chi connectivity index (χ4n) is 3.19. The number of piperazine rings is 1. The molecule has 3 aromatic rings. The summed E-state index contributed by atoms with van der Waals surface area (Å²) in [5, 5.41) is 9.37. The number of rotatable bonds is 3. The van der Waals surface area contributed by atoms with E-state index in [1.54, 1.807) is 0 Å². The van der Waals surface area contributed by atoms with Gasteiger partial charge < -0.3 is 9.80 Å². The van der Waals surface area contributed by atoms with Gasteiger partial charge in [-0.05, 0) is 43.0 Å². The second-order valence-electron chi connectivity index (χ2n) is 6.41. The minimum absolute atomic E-state index is 0.149. The van der Waals surface area contributed by atoms with Gasteiger partial charge in [-0.15, -0.1) is 11.3 Å². The third-order valence-electron chi connectivity index (χ3n) is 4.50. The van der Waals surface area contributed by atoms with Crippen LogP contribution >= 0.6 is 11.3 Å². The van der Waals surface area contributed by atoms with Gasteiger partial charge in [0.15, 0.2) is 5.82 Å². The third-order valence-corrected chi connectivity index (χ3v) is 5.53. The van der Waals surface area contributed by atoms with E-state index >= 15 is 0 Å². The van der Waals surface area contributed by atoms with Crippen LogP contribution in [0.15, 0.2) is 35.8 Å². The molecule has 1 aliphatic rings. The molecule has 130 valence electrons. The Labute approximate surface area is 150 Å². The third kappa shape index (κ3) is 3.07. The highest BCUT2D eigenvalue weighted by atomic mass is 32.1. The van der Waals surface area contributed by atoms with E-state index in [-0.39, 0.29) is 5.91 Å². The van der Waals surface area contributed by atoms with Crippen LogP contribution in [0.3, 0.4) is 0 Å². The van der Waals surface area contributed by atoms with Crippen molar-refractivity contribution in [2.24, 2.45) is 0 Å². The summed E-state index contributed by atoms with van der Waals surface area (Å²) in [4.78, 5) is 17.7.